The maximum absolute atomic E-state index is 14.8. The lowest BCUT2D eigenvalue weighted by molar-refractivity contribution is -0.181. The SMILES string of the molecule is CC1(C)CC[C@]2(C(=O)OCc3ccccc3)CC[C@]3(C)C(=C(c4cccc(C(N)=O)c4)CC4[C@@]5(C)Cc6c(N)n[nH]c6C(C)(C)C5CC[C@]43C)C2C1. The van der Waals surface area contributed by atoms with E-state index in [-0.39, 0.29) is 45.6 Å². The number of nitrogen functional groups attached to an aromatic ring is 1. The molecule has 7 atom stereocenters. The van der Waals surface area contributed by atoms with E-state index in [1.54, 1.807) is 0 Å². The molecule has 3 aromatic rings. The molecule has 0 saturated heterocycles. The average molecular weight is 703 g/mol. The Morgan fingerprint density at radius 1 is 0.904 bits per heavy atom. The number of hydrogen-bond acceptors (Lipinski definition) is 5. The molecule has 8 rings (SSSR count). The van der Waals surface area contributed by atoms with Crippen molar-refractivity contribution in [1.82, 2.24) is 10.2 Å². The summed E-state index contributed by atoms with van der Waals surface area (Å²) in [6.07, 6.45) is 8.52. The molecular formula is C45H58N4O3. The van der Waals surface area contributed by atoms with Crippen molar-refractivity contribution < 1.29 is 14.3 Å². The molecule has 1 amide bonds. The number of carbonyl (C=O) groups excluding carboxylic acids is 2. The predicted molar refractivity (Wildman–Crippen MR) is 206 cm³/mol. The van der Waals surface area contributed by atoms with Crippen LogP contribution in [0.5, 0.6) is 0 Å². The van der Waals surface area contributed by atoms with E-state index in [0.717, 1.165) is 68.9 Å². The van der Waals surface area contributed by atoms with Crippen molar-refractivity contribution in [3.8, 4) is 0 Å². The number of aromatic amines is 1. The number of hydrogen-bond donors (Lipinski definition) is 3. The normalized spacial score (nSPS) is 35.6. The number of allylic oxidation sites excluding steroid dienone is 2. The highest BCUT2D eigenvalue weighted by atomic mass is 16.5. The van der Waals surface area contributed by atoms with Gasteiger partial charge in [-0.05, 0) is 126 Å². The summed E-state index contributed by atoms with van der Waals surface area (Å²) in [5, 5.41) is 7.90. The Morgan fingerprint density at radius 2 is 1.63 bits per heavy atom. The van der Waals surface area contributed by atoms with E-state index in [0.29, 0.717) is 23.2 Å². The summed E-state index contributed by atoms with van der Waals surface area (Å²) in [5.74, 6) is 0.986. The van der Waals surface area contributed by atoms with E-state index in [2.05, 4.69) is 64.7 Å². The zero-order valence-corrected chi connectivity index (χ0v) is 32.3. The largest absolute Gasteiger partial charge is 0.460 e. The molecule has 5 N–H and O–H groups in total. The third-order valence-corrected chi connectivity index (χ3v) is 16.1. The first-order valence-electron chi connectivity index (χ1n) is 19.6. The van der Waals surface area contributed by atoms with Gasteiger partial charge in [0, 0.05) is 22.2 Å². The minimum absolute atomic E-state index is 0.0217. The van der Waals surface area contributed by atoms with E-state index in [1.165, 1.54) is 22.4 Å². The van der Waals surface area contributed by atoms with E-state index >= 15 is 0 Å². The maximum atomic E-state index is 14.8. The fourth-order valence-electron chi connectivity index (χ4n) is 13.2. The van der Waals surface area contributed by atoms with Gasteiger partial charge < -0.3 is 16.2 Å². The summed E-state index contributed by atoms with van der Waals surface area (Å²) in [5.41, 5.74) is 19.4. The fraction of sp³-hybridized carbons (Fsp3) is 0.578. The molecule has 1 aromatic heterocycles. The van der Waals surface area contributed by atoms with Crippen molar-refractivity contribution in [2.75, 3.05) is 5.73 Å². The molecule has 3 saturated carbocycles. The Kier molecular flexibility index (Phi) is 7.82. The molecule has 0 spiro atoms. The van der Waals surface area contributed by atoms with E-state index in [1.807, 2.05) is 48.5 Å². The number of carbonyl (C=O) groups is 2. The number of rotatable bonds is 5. The molecule has 2 aromatic carbocycles. The van der Waals surface area contributed by atoms with Crippen LogP contribution < -0.4 is 11.5 Å². The summed E-state index contributed by atoms with van der Waals surface area (Å²) in [7, 11) is 0. The molecule has 5 aliphatic carbocycles. The second-order valence-electron chi connectivity index (χ2n) is 19.4. The number of benzene rings is 2. The van der Waals surface area contributed by atoms with E-state index in [9.17, 15) is 9.59 Å². The molecule has 5 aliphatic rings. The van der Waals surface area contributed by atoms with Crippen molar-refractivity contribution >= 4 is 23.3 Å². The van der Waals surface area contributed by atoms with Crippen LogP contribution in [0.2, 0.25) is 0 Å². The van der Waals surface area contributed by atoms with Crippen LogP contribution in [0.3, 0.4) is 0 Å². The first-order chi connectivity index (χ1) is 24.5. The quantitative estimate of drug-likeness (QED) is 0.229. The zero-order valence-electron chi connectivity index (χ0n) is 32.3. The standard InChI is InChI=1S/C45H58N4O3/c1-40(2)18-20-45(39(51)52-26-27-12-9-8-10-13-27)21-19-44(7)35(32(45)25-40)30(28-14-11-15-29(22-28)38(47)50)23-34-42(5)24-31-36(48-49-37(31)46)41(3,4)33(42)16-17-43(34,44)6/h8-15,22,32-34H,16-21,23-26H2,1-7H3,(H2,47,50)(H3,46,48,49)/t32?,33?,34?,42-,43+,44+,45-/m0/s1. The molecule has 7 nitrogen and oxygen atoms in total. The summed E-state index contributed by atoms with van der Waals surface area (Å²) in [4.78, 5) is 27.4. The van der Waals surface area contributed by atoms with Gasteiger partial charge in [0.15, 0.2) is 0 Å². The zero-order chi connectivity index (χ0) is 37.1. The molecule has 52 heavy (non-hydrogen) atoms. The molecule has 0 aliphatic heterocycles. The minimum Gasteiger partial charge on any atom is -0.460 e. The third kappa shape index (κ3) is 4.85. The first-order valence-corrected chi connectivity index (χ1v) is 19.6. The number of esters is 1. The molecule has 3 unspecified atom stereocenters. The highest BCUT2D eigenvalue weighted by Crippen LogP contribution is 2.77. The number of fused-ring (bicyclic) bond motifs is 8. The van der Waals surface area contributed by atoms with Crippen LogP contribution in [0.1, 0.15) is 133 Å². The number of nitrogens with one attached hydrogen (secondary N) is 1. The number of amides is 1. The number of primary amides is 1. The van der Waals surface area contributed by atoms with Crippen LogP contribution in [0.4, 0.5) is 5.82 Å². The second kappa shape index (κ2) is 11.6. The summed E-state index contributed by atoms with van der Waals surface area (Å²) in [6.45, 7) is 17.5. The summed E-state index contributed by atoms with van der Waals surface area (Å²) < 4.78 is 6.33. The predicted octanol–water partition coefficient (Wildman–Crippen LogP) is 9.18. The molecule has 0 radical (unpaired) electrons. The highest BCUT2D eigenvalue weighted by molar-refractivity contribution is 5.94. The molecular weight excluding hydrogens is 645 g/mol. The lowest BCUT2D eigenvalue weighted by atomic mass is 9.33. The number of ether oxygens (including phenoxy) is 1. The van der Waals surface area contributed by atoms with Gasteiger partial charge in [-0.2, -0.15) is 5.10 Å². The molecule has 1 heterocycles. The smallest absolute Gasteiger partial charge is 0.313 e. The van der Waals surface area contributed by atoms with Crippen molar-refractivity contribution in [2.24, 2.45) is 50.6 Å². The van der Waals surface area contributed by atoms with Gasteiger partial charge in [0.2, 0.25) is 5.91 Å². The lowest BCUT2D eigenvalue weighted by Crippen LogP contribution is -2.65. The Labute approximate surface area is 309 Å². The number of H-pyrrole nitrogens is 1. The number of anilines is 1. The van der Waals surface area contributed by atoms with Crippen LogP contribution in [0.15, 0.2) is 60.2 Å². The van der Waals surface area contributed by atoms with Crippen molar-refractivity contribution in [2.45, 2.75) is 118 Å². The highest BCUT2D eigenvalue weighted by Gasteiger charge is 2.70. The minimum atomic E-state index is -0.594. The second-order valence-corrected chi connectivity index (χ2v) is 19.4. The number of nitrogens with zero attached hydrogens (tertiary/aromatic N) is 1. The molecule has 3 fully saturated rings. The van der Waals surface area contributed by atoms with E-state index < -0.39 is 11.3 Å². The van der Waals surface area contributed by atoms with Gasteiger partial charge in [-0.1, -0.05) is 96.5 Å². The maximum Gasteiger partial charge on any atom is 0.313 e. The van der Waals surface area contributed by atoms with Gasteiger partial charge in [-0.25, -0.2) is 0 Å². The van der Waals surface area contributed by atoms with E-state index in [4.69, 9.17) is 16.2 Å². The third-order valence-electron chi connectivity index (χ3n) is 16.1. The fourth-order valence-corrected chi connectivity index (χ4v) is 13.2. The summed E-state index contributed by atoms with van der Waals surface area (Å²) in [6, 6.07) is 18.1. The first kappa shape index (κ1) is 35.2. The average Bonchev–Trinajstić information content (AvgIpc) is 3.47. The number of nitrogens with two attached hydrogens (primary N) is 2. The molecule has 0 bridgehead atoms. The monoisotopic (exact) mass is 702 g/mol. The number of aromatic nitrogens is 2. The van der Waals surface area contributed by atoms with Crippen LogP contribution >= 0.6 is 0 Å². The van der Waals surface area contributed by atoms with Gasteiger partial charge in [0.25, 0.3) is 0 Å². The van der Waals surface area contributed by atoms with Gasteiger partial charge in [-0.15, -0.1) is 0 Å². The Hall–Kier alpha value is -3.87. The Balaban J connectivity index is 1.33. The van der Waals surface area contributed by atoms with Crippen LogP contribution in [0, 0.1) is 44.8 Å². The van der Waals surface area contributed by atoms with Crippen LogP contribution in [0.25, 0.3) is 5.57 Å². The Bertz CT molecular complexity index is 1980. The van der Waals surface area contributed by atoms with Crippen LogP contribution in [-0.2, 0) is 28.0 Å². The topological polar surface area (TPSA) is 124 Å². The lowest BCUT2D eigenvalue weighted by Gasteiger charge is -2.71. The van der Waals surface area contributed by atoms with Crippen LogP contribution in [-0.4, -0.2) is 22.1 Å². The Morgan fingerprint density at radius 3 is 2.37 bits per heavy atom. The van der Waals surface area contributed by atoms with Crippen molar-refractivity contribution in [3.63, 3.8) is 0 Å². The van der Waals surface area contributed by atoms with Gasteiger partial charge in [0.05, 0.1) is 5.41 Å². The summed E-state index contributed by atoms with van der Waals surface area (Å²) >= 11 is 0. The van der Waals surface area contributed by atoms with Gasteiger partial charge in [-0.3, -0.25) is 14.7 Å². The van der Waals surface area contributed by atoms with Crippen molar-refractivity contribution in [3.05, 3.63) is 88.1 Å². The van der Waals surface area contributed by atoms with Gasteiger partial charge >= 0.3 is 5.97 Å². The molecule has 7 heteroatoms. The van der Waals surface area contributed by atoms with Crippen molar-refractivity contribution in [1.29, 1.82) is 0 Å². The molecule has 276 valence electrons. The van der Waals surface area contributed by atoms with Gasteiger partial charge in [0.1, 0.15) is 12.4 Å².